The van der Waals surface area contributed by atoms with Crippen molar-refractivity contribution in [1.29, 1.82) is 0 Å². The summed E-state index contributed by atoms with van der Waals surface area (Å²) in [7, 11) is 3.69. The highest BCUT2D eigenvalue weighted by Gasteiger charge is 2.50. The van der Waals surface area contributed by atoms with E-state index in [1.54, 1.807) is 7.11 Å². The normalized spacial score (nSPS) is 38.6. The van der Waals surface area contributed by atoms with Crippen molar-refractivity contribution in [1.82, 2.24) is 9.78 Å². The summed E-state index contributed by atoms with van der Waals surface area (Å²) in [5, 5.41) is 4.60. The lowest BCUT2D eigenvalue weighted by molar-refractivity contribution is -0.00327. The van der Waals surface area contributed by atoms with Gasteiger partial charge in [-0.15, -0.1) is 0 Å². The van der Waals surface area contributed by atoms with Gasteiger partial charge in [0, 0.05) is 19.7 Å². The van der Waals surface area contributed by atoms with Crippen molar-refractivity contribution in [3.05, 3.63) is 11.3 Å². The van der Waals surface area contributed by atoms with E-state index in [9.17, 15) is 0 Å². The van der Waals surface area contributed by atoms with Gasteiger partial charge in [-0.3, -0.25) is 4.68 Å². The first-order chi connectivity index (χ1) is 9.67. The SMILES string of the molecule is COCc1nn(C)c(N)c1C1C2CC3CC(C2)CC1C3. The van der Waals surface area contributed by atoms with Crippen LogP contribution in [0.5, 0.6) is 0 Å². The minimum absolute atomic E-state index is 0.586. The monoisotopic (exact) mass is 275 g/mol. The summed E-state index contributed by atoms with van der Waals surface area (Å²) in [6.07, 6.45) is 7.15. The Morgan fingerprint density at radius 3 is 2.30 bits per heavy atom. The van der Waals surface area contributed by atoms with Crippen molar-refractivity contribution in [2.45, 2.75) is 44.6 Å². The van der Waals surface area contributed by atoms with Crippen LogP contribution in [0.1, 0.15) is 49.3 Å². The fourth-order valence-corrected chi connectivity index (χ4v) is 5.61. The Morgan fingerprint density at radius 2 is 1.75 bits per heavy atom. The molecule has 0 spiro atoms. The standard InChI is InChI=1S/C16H25N3O/c1-19-16(17)15(13(18-19)8-20-2)14-11-4-9-3-10(6-11)7-12(14)5-9/h9-12,14H,3-8,17H2,1-2H3. The van der Waals surface area contributed by atoms with Gasteiger partial charge in [0.1, 0.15) is 5.82 Å². The molecule has 20 heavy (non-hydrogen) atoms. The molecule has 0 unspecified atom stereocenters. The Kier molecular flexibility index (Phi) is 2.85. The molecule has 0 aromatic carbocycles. The second kappa shape index (κ2) is 4.48. The summed E-state index contributed by atoms with van der Waals surface area (Å²) < 4.78 is 7.19. The van der Waals surface area contributed by atoms with Crippen LogP contribution >= 0.6 is 0 Å². The average Bonchev–Trinajstić information content (AvgIpc) is 2.66. The fourth-order valence-electron chi connectivity index (χ4n) is 5.61. The minimum atomic E-state index is 0.586. The van der Waals surface area contributed by atoms with Gasteiger partial charge in [0.15, 0.2) is 0 Å². The van der Waals surface area contributed by atoms with Crippen molar-refractivity contribution in [3.63, 3.8) is 0 Å². The van der Waals surface area contributed by atoms with E-state index in [2.05, 4.69) is 5.10 Å². The number of nitrogens with two attached hydrogens (primary N) is 1. The van der Waals surface area contributed by atoms with E-state index >= 15 is 0 Å². The van der Waals surface area contributed by atoms with Crippen LogP contribution < -0.4 is 5.73 Å². The molecule has 1 aromatic rings. The predicted molar refractivity (Wildman–Crippen MR) is 78.1 cm³/mol. The Balaban J connectivity index is 1.74. The molecule has 0 radical (unpaired) electrons. The highest BCUT2D eigenvalue weighted by atomic mass is 16.5. The number of rotatable bonds is 3. The first-order valence-electron chi connectivity index (χ1n) is 7.97. The van der Waals surface area contributed by atoms with Gasteiger partial charge in [-0.25, -0.2) is 0 Å². The molecule has 4 heteroatoms. The van der Waals surface area contributed by atoms with E-state index in [1.165, 1.54) is 37.7 Å². The zero-order chi connectivity index (χ0) is 13.9. The Morgan fingerprint density at radius 1 is 1.15 bits per heavy atom. The molecule has 0 aliphatic heterocycles. The highest BCUT2D eigenvalue weighted by Crippen LogP contribution is 2.60. The van der Waals surface area contributed by atoms with Crippen LogP contribution in [0.15, 0.2) is 0 Å². The number of aromatic nitrogens is 2. The van der Waals surface area contributed by atoms with Gasteiger partial charge in [0.25, 0.3) is 0 Å². The first kappa shape index (κ1) is 12.7. The molecule has 2 N–H and O–H groups in total. The third kappa shape index (κ3) is 1.73. The van der Waals surface area contributed by atoms with Crippen LogP contribution in [-0.4, -0.2) is 16.9 Å². The van der Waals surface area contributed by atoms with Crippen LogP contribution in [-0.2, 0) is 18.4 Å². The molecule has 5 rings (SSSR count). The highest BCUT2D eigenvalue weighted by molar-refractivity contribution is 5.47. The van der Waals surface area contributed by atoms with Gasteiger partial charge in [-0.2, -0.15) is 5.10 Å². The third-order valence-electron chi connectivity index (χ3n) is 6.05. The van der Waals surface area contributed by atoms with Gasteiger partial charge < -0.3 is 10.5 Å². The quantitative estimate of drug-likeness (QED) is 0.922. The summed E-state index contributed by atoms with van der Waals surface area (Å²) in [5.41, 5.74) is 8.75. The third-order valence-corrected chi connectivity index (χ3v) is 6.05. The van der Waals surface area contributed by atoms with Gasteiger partial charge in [-0.05, 0) is 61.7 Å². The maximum atomic E-state index is 6.36. The summed E-state index contributed by atoms with van der Waals surface area (Å²) in [5.74, 6) is 5.19. The molecular weight excluding hydrogens is 250 g/mol. The number of ether oxygens (including phenoxy) is 1. The predicted octanol–water partition coefficient (Wildman–Crippen LogP) is 2.69. The van der Waals surface area contributed by atoms with Gasteiger partial charge >= 0.3 is 0 Å². The van der Waals surface area contributed by atoms with Crippen LogP contribution in [0.4, 0.5) is 5.82 Å². The van der Waals surface area contributed by atoms with Gasteiger partial charge in [0.05, 0.1) is 12.3 Å². The van der Waals surface area contributed by atoms with E-state index in [0.29, 0.717) is 12.5 Å². The van der Waals surface area contributed by atoms with Crippen molar-refractivity contribution < 1.29 is 4.74 Å². The second-order valence-electron chi connectivity index (χ2n) is 7.26. The molecule has 0 saturated heterocycles. The number of hydrogen-bond acceptors (Lipinski definition) is 3. The smallest absolute Gasteiger partial charge is 0.125 e. The van der Waals surface area contributed by atoms with Crippen LogP contribution in [0.2, 0.25) is 0 Å². The maximum Gasteiger partial charge on any atom is 0.125 e. The van der Waals surface area contributed by atoms with Crippen molar-refractivity contribution in [3.8, 4) is 0 Å². The summed E-state index contributed by atoms with van der Waals surface area (Å²) in [4.78, 5) is 0. The number of aryl methyl sites for hydroxylation is 1. The van der Waals surface area contributed by atoms with Crippen LogP contribution in [0.3, 0.4) is 0 Å². The molecule has 4 fully saturated rings. The molecule has 4 saturated carbocycles. The maximum absolute atomic E-state index is 6.36. The lowest BCUT2D eigenvalue weighted by atomic mass is 9.50. The van der Waals surface area contributed by atoms with E-state index in [-0.39, 0.29) is 0 Å². The van der Waals surface area contributed by atoms with E-state index < -0.39 is 0 Å². The second-order valence-corrected chi connectivity index (χ2v) is 7.26. The van der Waals surface area contributed by atoms with Crippen molar-refractivity contribution >= 4 is 5.82 Å². The molecule has 1 heterocycles. The topological polar surface area (TPSA) is 53.1 Å². The fraction of sp³-hybridized carbons (Fsp3) is 0.812. The molecule has 0 amide bonds. The van der Waals surface area contributed by atoms with Crippen LogP contribution in [0, 0.1) is 23.7 Å². The average molecular weight is 275 g/mol. The molecule has 4 nitrogen and oxygen atoms in total. The van der Waals surface area contributed by atoms with Crippen molar-refractivity contribution in [2.24, 2.45) is 30.7 Å². The summed E-state index contributed by atoms with van der Waals surface area (Å²) >= 11 is 0. The lowest BCUT2D eigenvalue weighted by Crippen LogP contribution is -2.44. The van der Waals surface area contributed by atoms with E-state index in [1.807, 2.05) is 11.7 Å². The van der Waals surface area contributed by atoms with Gasteiger partial charge in [-0.1, -0.05) is 0 Å². The molecule has 1 aromatic heterocycles. The number of anilines is 1. The zero-order valence-corrected chi connectivity index (χ0v) is 12.5. The van der Waals surface area contributed by atoms with Crippen molar-refractivity contribution in [2.75, 3.05) is 12.8 Å². The molecule has 4 aliphatic rings. The molecular formula is C16H25N3O. The van der Waals surface area contributed by atoms with Gasteiger partial charge in [0.2, 0.25) is 0 Å². The molecule has 0 atom stereocenters. The Hall–Kier alpha value is -1.03. The molecule has 4 aliphatic carbocycles. The Bertz CT molecular complexity index is 494. The minimum Gasteiger partial charge on any atom is -0.384 e. The molecule has 110 valence electrons. The summed E-state index contributed by atoms with van der Waals surface area (Å²) in [6.45, 7) is 0.586. The number of nitrogen functional groups attached to an aromatic ring is 1. The first-order valence-corrected chi connectivity index (χ1v) is 7.97. The Labute approximate surface area is 120 Å². The van der Waals surface area contributed by atoms with E-state index in [0.717, 1.165) is 35.2 Å². The molecule has 4 bridgehead atoms. The van der Waals surface area contributed by atoms with Crippen LogP contribution in [0.25, 0.3) is 0 Å². The van der Waals surface area contributed by atoms with E-state index in [4.69, 9.17) is 10.5 Å². The number of hydrogen-bond donors (Lipinski definition) is 1. The number of nitrogens with zero attached hydrogens (tertiary/aromatic N) is 2. The largest absolute Gasteiger partial charge is 0.384 e. The number of methoxy groups -OCH3 is 1. The lowest BCUT2D eigenvalue weighted by Gasteiger charge is -2.54. The zero-order valence-electron chi connectivity index (χ0n) is 12.5. The summed E-state index contributed by atoms with van der Waals surface area (Å²) in [6, 6.07) is 0.